The summed E-state index contributed by atoms with van der Waals surface area (Å²) in [7, 11) is -3.61. The van der Waals surface area contributed by atoms with Crippen molar-refractivity contribution in [2.75, 3.05) is 22.0 Å². The fourth-order valence-electron chi connectivity index (χ4n) is 3.48. The van der Waals surface area contributed by atoms with Crippen LogP contribution in [0.25, 0.3) is 0 Å². The van der Waals surface area contributed by atoms with Gasteiger partial charge in [0, 0.05) is 12.2 Å². The largest absolute Gasteiger partial charge is 0.310 e. The summed E-state index contributed by atoms with van der Waals surface area (Å²) < 4.78 is 26.1. The minimum absolute atomic E-state index is 0.205. The van der Waals surface area contributed by atoms with E-state index in [1.165, 1.54) is 4.31 Å². The Morgan fingerprint density at radius 3 is 2.42 bits per heavy atom. The van der Waals surface area contributed by atoms with Crippen LogP contribution in [0.2, 0.25) is 0 Å². The van der Waals surface area contributed by atoms with Crippen LogP contribution >= 0.6 is 0 Å². The molecular formula is C20H24N2O3S. The molecule has 0 spiro atoms. The topological polar surface area (TPSA) is 57.7 Å². The molecule has 5 nitrogen and oxygen atoms in total. The number of aryl methyl sites for hydroxylation is 2. The molecule has 0 radical (unpaired) electrons. The van der Waals surface area contributed by atoms with Crippen LogP contribution in [-0.2, 0) is 21.2 Å². The zero-order valence-electron chi connectivity index (χ0n) is 15.3. The number of amides is 1. The Kier molecular flexibility index (Phi) is 5.05. The third kappa shape index (κ3) is 3.60. The van der Waals surface area contributed by atoms with Gasteiger partial charge in [-0.3, -0.25) is 9.10 Å². The number of hydrogen-bond acceptors (Lipinski definition) is 3. The Labute approximate surface area is 155 Å². The molecular weight excluding hydrogens is 348 g/mol. The highest BCUT2D eigenvalue weighted by molar-refractivity contribution is 7.92. The number of rotatable bonds is 4. The lowest BCUT2D eigenvalue weighted by Gasteiger charge is -2.35. The molecule has 0 N–H and O–H groups in total. The maximum atomic E-state index is 13.2. The van der Waals surface area contributed by atoms with E-state index >= 15 is 0 Å². The molecule has 1 atom stereocenters. The highest BCUT2D eigenvalue weighted by Gasteiger charge is 2.34. The van der Waals surface area contributed by atoms with Gasteiger partial charge >= 0.3 is 0 Å². The summed E-state index contributed by atoms with van der Waals surface area (Å²) in [6.45, 7) is 4.19. The summed E-state index contributed by atoms with van der Waals surface area (Å²) >= 11 is 0. The average Bonchev–Trinajstić information content (AvgIpc) is 2.61. The van der Waals surface area contributed by atoms with Crippen molar-refractivity contribution < 1.29 is 13.2 Å². The second kappa shape index (κ2) is 7.11. The molecule has 0 bridgehead atoms. The van der Waals surface area contributed by atoms with E-state index in [2.05, 4.69) is 0 Å². The first-order chi connectivity index (χ1) is 12.3. The van der Waals surface area contributed by atoms with Gasteiger partial charge in [0.15, 0.2) is 0 Å². The van der Waals surface area contributed by atoms with Gasteiger partial charge in [0.05, 0.1) is 11.9 Å². The Bertz CT molecular complexity index is 907. The molecule has 0 fully saturated rings. The number of carbonyl (C=O) groups is 1. The number of fused-ring (bicyclic) bond motifs is 1. The first kappa shape index (κ1) is 18.5. The third-order valence-electron chi connectivity index (χ3n) is 4.73. The zero-order chi connectivity index (χ0) is 18.9. The summed E-state index contributed by atoms with van der Waals surface area (Å²) in [6, 6.07) is 14.2. The van der Waals surface area contributed by atoms with Crippen molar-refractivity contribution >= 4 is 27.3 Å². The van der Waals surface area contributed by atoms with Gasteiger partial charge in [-0.15, -0.1) is 0 Å². The summed E-state index contributed by atoms with van der Waals surface area (Å²) in [6.07, 6.45) is 2.95. The van der Waals surface area contributed by atoms with E-state index in [0.29, 0.717) is 12.2 Å². The van der Waals surface area contributed by atoms with Crippen molar-refractivity contribution in [2.45, 2.75) is 32.7 Å². The van der Waals surface area contributed by atoms with E-state index in [-0.39, 0.29) is 5.91 Å². The fraction of sp³-hybridized carbons (Fsp3) is 0.350. The Balaban J connectivity index is 1.96. The number of carbonyl (C=O) groups excluding carboxylic acids is 1. The van der Waals surface area contributed by atoms with Gasteiger partial charge in [0.1, 0.15) is 6.04 Å². The lowest BCUT2D eigenvalue weighted by molar-refractivity contribution is -0.119. The first-order valence-electron chi connectivity index (χ1n) is 8.74. The van der Waals surface area contributed by atoms with Crippen molar-refractivity contribution in [1.82, 2.24) is 0 Å². The van der Waals surface area contributed by atoms with E-state index in [9.17, 15) is 13.2 Å². The normalized spacial score (nSPS) is 15.3. The van der Waals surface area contributed by atoms with Gasteiger partial charge in [0.2, 0.25) is 10.0 Å². The summed E-state index contributed by atoms with van der Waals surface area (Å²) in [4.78, 5) is 14.9. The van der Waals surface area contributed by atoms with Crippen LogP contribution in [0.5, 0.6) is 0 Å². The number of sulfonamides is 1. The van der Waals surface area contributed by atoms with Crippen molar-refractivity contribution in [3.8, 4) is 0 Å². The molecule has 0 saturated carbocycles. The van der Waals surface area contributed by atoms with Crippen molar-refractivity contribution in [3.63, 3.8) is 0 Å². The molecule has 2 aromatic rings. The Hall–Kier alpha value is -2.34. The second-order valence-electron chi connectivity index (χ2n) is 6.79. The second-order valence-corrected chi connectivity index (χ2v) is 8.65. The van der Waals surface area contributed by atoms with Gasteiger partial charge < -0.3 is 4.90 Å². The fourth-order valence-corrected chi connectivity index (χ4v) is 4.65. The predicted octanol–water partition coefficient (Wildman–Crippen LogP) is 3.13. The zero-order valence-corrected chi connectivity index (χ0v) is 16.2. The smallest absolute Gasteiger partial charge is 0.250 e. The van der Waals surface area contributed by atoms with Crippen molar-refractivity contribution in [2.24, 2.45) is 0 Å². The summed E-state index contributed by atoms with van der Waals surface area (Å²) in [5.41, 5.74) is 3.55. The molecule has 6 heteroatoms. The van der Waals surface area contributed by atoms with E-state index in [1.54, 1.807) is 24.0 Å². The number of nitrogens with zero attached hydrogens (tertiary/aromatic N) is 2. The van der Waals surface area contributed by atoms with E-state index in [1.807, 2.05) is 43.3 Å². The quantitative estimate of drug-likeness (QED) is 0.828. The first-order valence-corrected chi connectivity index (χ1v) is 10.6. The molecule has 0 aliphatic carbocycles. The molecule has 0 aromatic heterocycles. The molecule has 0 unspecified atom stereocenters. The molecule has 26 heavy (non-hydrogen) atoms. The van der Waals surface area contributed by atoms with Gasteiger partial charge in [-0.1, -0.05) is 35.9 Å². The maximum Gasteiger partial charge on any atom is 0.250 e. The van der Waals surface area contributed by atoms with E-state index in [4.69, 9.17) is 0 Å². The molecule has 1 heterocycles. The molecule has 1 aliphatic heterocycles. The van der Waals surface area contributed by atoms with Crippen molar-refractivity contribution in [3.05, 3.63) is 59.7 Å². The van der Waals surface area contributed by atoms with Crippen LogP contribution in [0, 0.1) is 6.92 Å². The van der Waals surface area contributed by atoms with E-state index in [0.717, 1.165) is 35.9 Å². The Morgan fingerprint density at radius 1 is 1.12 bits per heavy atom. The molecule has 2 aromatic carbocycles. The third-order valence-corrected chi connectivity index (χ3v) is 5.97. The van der Waals surface area contributed by atoms with Gasteiger partial charge in [0.25, 0.3) is 5.91 Å². The predicted molar refractivity (Wildman–Crippen MR) is 105 cm³/mol. The number of hydrogen-bond donors (Lipinski definition) is 0. The lowest BCUT2D eigenvalue weighted by atomic mass is 10.0. The summed E-state index contributed by atoms with van der Waals surface area (Å²) in [5, 5.41) is 0. The van der Waals surface area contributed by atoms with Crippen LogP contribution in [0.3, 0.4) is 0 Å². The Morgan fingerprint density at radius 2 is 1.77 bits per heavy atom. The van der Waals surface area contributed by atoms with Crippen molar-refractivity contribution in [1.29, 1.82) is 0 Å². The molecule has 0 saturated heterocycles. The average molecular weight is 372 g/mol. The van der Waals surface area contributed by atoms with E-state index < -0.39 is 16.1 Å². The van der Waals surface area contributed by atoms with Crippen LogP contribution < -0.4 is 9.21 Å². The minimum atomic E-state index is -3.61. The van der Waals surface area contributed by atoms with Crippen LogP contribution in [0.4, 0.5) is 11.4 Å². The summed E-state index contributed by atoms with van der Waals surface area (Å²) in [5.74, 6) is -0.205. The molecule has 3 rings (SSSR count). The van der Waals surface area contributed by atoms with Gasteiger partial charge in [-0.2, -0.15) is 0 Å². The highest BCUT2D eigenvalue weighted by Crippen LogP contribution is 2.29. The molecule has 1 aliphatic rings. The molecule has 138 valence electrons. The van der Waals surface area contributed by atoms with Crippen LogP contribution in [0.1, 0.15) is 24.5 Å². The highest BCUT2D eigenvalue weighted by atomic mass is 32.2. The number of benzene rings is 2. The lowest BCUT2D eigenvalue weighted by Crippen LogP contribution is -2.50. The van der Waals surface area contributed by atoms with Crippen LogP contribution in [0.15, 0.2) is 48.5 Å². The monoisotopic (exact) mass is 372 g/mol. The minimum Gasteiger partial charge on any atom is -0.310 e. The number of anilines is 2. The molecule has 1 amide bonds. The van der Waals surface area contributed by atoms with Crippen LogP contribution in [-0.4, -0.2) is 33.2 Å². The standard InChI is InChI=1S/C20H24N2O3S/c1-15-10-12-18(13-11-15)22(26(3,24)25)16(2)20(23)21-14-6-8-17-7-4-5-9-19(17)21/h4-5,7,9-13,16H,6,8,14H2,1-3H3/t16-/m1/s1. The number of para-hydroxylation sites is 1. The van der Waals surface area contributed by atoms with Gasteiger partial charge in [-0.05, 0) is 50.5 Å². The van der Waals surface area contributed by atoms with Gasteiger partial charge in [-0.25, -0.2) is 8.42 Å². The SMILES string of the molecule is Cc1ccc(N([C@H](C)C(=O)N2CCCc3ccccc32)S(C)(=O)=O)cc1. The maximum absolute atomic E-state index is 13.2.